The van der Waals surface area contributed by atoms with E-state index in [-0.39, 0.29) is 8.69 Å². The molecule has 0 bridgehead atoms. The van der Waals surface area contributed by atoms with Crippen molar-refractivity contribution in [3.8, 4) is 0 Å². The first kappa shape index (κ1) is 12.7. The first-order valence-electron chi connectivity index (χ1n) is 4.44. The Morgan fingerprint density at radius 1 is 1.62 bits per heavy atom. The highest BCUT2D eigenvalue weighted by Crippen LogP contribution is 1.99. The predicted molar refractivity (Wildman–Crippen MR) is 53.3 cm³/mol. The molecule has 0 aromatic rings. The third kappa shape index (κ3) is 8.06. The molecular weight excluding hydrogens is 187 g/mol. The topological polar surface area (TPSA) is 50.4 Å². The van der Waals surface area contributed by atoms with Gasteiger partial charge in [-0.15, -0.1) is 0 Å². The van der Waals surface area contributed by atoms with E-state index in [4.69, 9.17) is 4.52 Å². The molecule has 0 aromatic carbocycles. The molecule has 0 saturated heterocycles. The van der Waals surface area contributed by atoms with E-state index in [0.717, 1.165) is 13.0 Å². The summed E-state index contributed by atoms with van der Waals surface area (Å²) in [6.45, 7) is 6.55. The Morgan fingerprint density at radius 2 is 2.38 bits per heavy atom. The minimum Gasteiger partial charge on any atom is -0.270 e. The molecule has 0 spiro atoms. The first-order valence-corrected chi connectivity index (χ1v) is 5.17. The van der Waals surface area contributed by atoms with E-state index in [1.807, 2.05) is 0 Å². The van der Waals surface area contributed by atoms with Crippen LogP contribution in [0.3, 0.4) is 0 Å². The van der Waals surface area contributed by atoms with E-state index < -0.39 is 6.23 Å². The Labute approximate surface area is 81.0 Å². The van der Waals surface area contributed by atoms with E-state index in [1.54, 1.807) is 0 Å². The fourth-order valence-corrected chi connectivity index (χ4v) is 1.04. The standard InChI is InChI=1S/C8H17N2O2P/c1-3-5-6-7-9-10-8(4-2)12-13-11/h4,8-10H,2-3,5-7H2,1H3. The molecule has 0 fully saturated rings. The number of hydrogen-bond donors (Lipinski definition) is 2. The lowest BCUT2D eigenvalue weighted by molar-refractivity contribution is 0.208. The van der Waals surface area contributed by atoms with Gasteiger partial charge in [0.1, 0.15) is 0 Å². The Morgan fingerprint density at radius 3 is 2.92 bits per heavy atom. The van der Waals surface area contributed by atoms with Gasteiger partial charge in [-0.1, -0.05) is 26.3 Å². The molecule has 0 aliphatic rings. The zero-order chi connectivity index (χ0) is 9.94. The van der Waals surface area contributed by atoms with Gasteiger partial charge in [-0.25, -0.2) is 9.99 Å². The SMILES string of the molecule is C=CC(NNCCCCC)OP=O. The van der Waals surface area contributed by atoms with Crippen LogP contribution in [0, 0.1) is 0 Å². The number of rotatable bonds is 9. The molecule has 1 atom stereocenters. The maximum absolute atomic E-state index is 10.1. The van der Waals surface area contributed by atoms with Crippen LogP contribution in [0.5, 0.6) is 0 Å². The van der Waals surface area contributed by atoms with Crippen LogP contribution in [-0.4, -0.2) is 12.8 Å². The molecule has 0 heterocycles. The van der Waals surface area contributed by atoms with Crippen molar-refractivity contribution in [1.82, 2.24) is 10.9 Å². The molecule has 76 valence electrons. The molecule has 4 nitrogen and oxygen atoms in total. The molecule has 0 aliphatic carbocycles. The molecule has 2 N–H and O–H groups in total. The summed E-state index contributed by atoms with van der Waals surface area (Å²) in [6.07, 6.45) is 4.65. The number of hydrogen-bond acceptors (Lipinski definition) is 4. The number of nitrogens with one attached hydrogen (secondary N) is 2. The Bertz CT molecular complexity index is 144. The van der Waals surface area contributed by atoms with Crippen LogP contribution in [-0.2, 0) is 9.09 Å². The Kier molecular flexibility index (Phi) is 9.59. The highest BCUT2D eigenvalue weighted by atomic mass is 31.1. The molecule has 0 rings (SSSR count). The van der Waals surface area contributed by atoms with Gasteiger partial charge in [0.15, 0.2) is 6.23 Å². The second-order valence-electron chi connectivity index (χ2n) is 2.61. The third-order valence-corrected chi connectivity index (χ3v) is 1.83. The first-order chi connectivity index (χ1) is 6.35. The average Bonchev–Trinajstić information content (AvgIpc) is 2.16. The van der Waals surface area contributed by atoms with E-state index in [1.165, 1.54) is 18.9 Å². The largest absolute Gasteiger partial charge is 0.329 e. The van der Waals surface area contributed by atoms with Crippen molar-refractivity contribution in [3.05, 3.63) is 12.7 Å². The van der Waals surface area contributed by atoms with Crippen LogP contribution >= 0.6 is 8.69 Å². The summed E-state index contributed by atoms with van der Waals surface area (Å²) in [4.78, 5) is 0. The maximum Gasteiger partial charge on any atom is 0.329 e. The van der Waals surface area contributed by atoms with Crippen molar-refractivity contribution in [1.29, 1.82) is 0 Å². The van der Waals surface area contributed by atoms with Crippen LogP contribution < -0.4 is 10.9 Å². The van der Waals surface area contributed by atoms with Crippen molar-refractivity contribution in [2.45, 2.75) is 32.4 Å². The van der Waals surface area contributed by atoms with Crippen LogP contribution in [0.4, 0.5) is 0 Å². The van der Waals surface area contributed by atoms with E-state index in [0.29, 0.717) is 0 Å². The van der Waals surface area contributed by atoms with Gasteiger partial charge in [0.05, 0.1) is 0 Å². The molecule has 0 aromatic heterocycles. The third-order valence-electron chi connectivity index (χ3n) is 1.52. The molecule has 1 unspecified atom stereocenters. The van der Waals surface area contributed by atoms with Crippen molar-refractivity contribution in [2.75, 3.05) is 6.54 Å². The second-order valence-corrected chi connectivity index (χ2v) is 2.97. The van der Waals surface area contributed by atoms with Gasteiger partial charge >= 0.3 is 8.69 Å². The van der Waals surface area contributed by atoms with E-state index in [2.05, 4.69) is 24.4 Å². The van der Waals surface area contributed by atoms with Crippen molar-refractivity contribution < 1.29 is 9.09 Å². The van der Waals surface area contributed by atoms with Gasteiger partial charge in [0.2, 0.25) is 0 Å². The molecular formula is C8H17N2O2P. The highest BCUT2D eigenvalue weighted by molar-refractivity contribution is 7.17. The molecule has 0 amide bonds. The quantitative estimate of drug-likeness (QED) is 0.198. The number of hydrazine groups is 1. The summed E-state index contributed by atoms with van der Waals surface area (Å²) in [5, 5.41) is 0. The minimum absolute atomic E-state index is 0.344. The van der Waals surface area contributed by atoms with Gasteiger partial charge in [-0.05, 0) is 12.5 Å². The smallest absolute Gasteiger partial charge is 0.270 e. The van der Waals surface area contributed by atoms with Crippen molar-refractivity contribution >= 4 is 8.69 Å². The number of unbranched alkanes of at least 4 members (excludes halogenated alkanes) is 2. The Hall–Kier alpha value is -0.280. The summed E-state index contributed by atoms with van der Waals surface area (Å²) in [5.41, 5.74) is 5.80. The van der Waals surface area contributed by atoms with Crippen LogP contribution in [0.1, 0.15) is 26.2 Å². The highest BCUT2D eigenvalue weighted by Gasteiger charge is 2.00. The molecule has 0 aliphatic heterocycles. The predicted octanol–water partition coefficient (Wildman–Crippen LogP) is 2.01. The molecule has 0 saturated carbocycles. The van der Waals surface area contributed by atoms with E-state index in [9.17, 15) is 4.57 Å². The summed E-state index contributed by atoms with van der Waals surface area (Å²) in [7, 11) is -0.344. The molecule has 0 radical (unpaired) electrons. The minimum atomic E-state index is -0.402. The summed E-state index contributed by atoms with van der Waals surface area (Å²) < 4.78 is 14.8. The zero-order valence-corrected chi connectivity index (χ0v) is 8.85. The average molecular weight is 204 g/mol. The lowest BCUT2D eigenvalue weighted by Gasteiger charge is -2.11. The van der Waals surface area contributed by atoms with Gasteiger partial charge < -0.3 is 0 Å². The fraction of sp³-hybridized carbons (Fsp3) is 0.750. The Balaban J connectivity index is 3.27. The van der Waals surface area contributed by atoms with Crippen LogP contribution in [0.25, 0.3) is 0 Å². The molecule has 13 heavy (non-hydrogen) atoms. The van der Waals surface area contributed by atoms with Crippen LogP contribution in [0.15, 0.2) is 12.7 Å². The molecule has 5 heteroatoms. The maximum atomic E-state index is 10.1. The van der Waals surface area contributed by atoms with Crippen LogP contribution in [0.2, 0.25) is 0 Å². The van der Waals surface area contributed by atoms with Crippen molar-refractivity contribution in [3.63, 3.8) is 0 Å². The van der Waals surface area contributed by atoms with Gasteiger partial charge in [-0.2, -0.15) is 0 Å². The second kappa shape index (κ2) is 9.81. The zero-order valence-electron chi connectivity index (χ0n) is 7.95. The normalized spacial score (nSPS) is 13.0. The summed E-state index contributed by atoms with van der Waals surface area (Å²) >= 11 is 0. The van der Waals surface area contributed by atoms with Gasteiger partial charge in [0, 0.05) is 6.54 Å². The monoisotopic (exact) mass is 204 g/mol. The van der Waals surface area contributed by atoms with Gasteiger partial charge in [-0.3, -0.25) is 9.95 Å². The lowest BCUT2D eigenvalue weighted by Crippen LogP contribution is -2.40. The van der Waals surface area contributed by atoms with E-state index >= 15 is 0 Å². The van der Waals surface area contributed by atoms with Crippen molar-refractivity contribution in [2.24, 2.45) is 0 Å². The van der Waals surface area contributed by atoms with Gasteiger partial charge in [0.25, 0.3) is 0 Å². The fourth-order valence-electron chi connectivity index (χ4n) is 0.811. The lowest BCUT2D eigenvalue weighted by atomic mass is 10.2. The summed E-state index contributed by atoms with van der Waals surface area (Å²) in [5.74, 6) is 0. The summed E-state index contributed by atoms with van der Waals surface area (Å²) in [6, 6.07) is 0.